The Morgan fingerprint density at radius 1 is 1.10 bits per heavy atom. The van der Waals surface area contributed by atoms with E-state index < -0.39 is 6.04 Å². The molecule has 5 nitrogen and oxygen atoms in total. The number of halogens is 2. The molecule has 0 fully saturated rings. The van der Waals surface area contributed by atoms with Crippen LogP contribution in [0.5, 0.6) is 0 Å². The van der Waals surface area contributed by atoms with Gasteiger partial charge >= 0.3 is 0 Å². The molecule has 1 aliphatic rings. The second-order valence-corrected chi connectivity index (χ2v) is 7.11. The summed E-state index contributed by atoms with van der Waals surface area (Å²) in [6, 6.07) is 16.0. The smallest absolute Gasteiger partial charge is 0.260 e. The summed E-state index contributed by atoms with van der Waals surface area (Å²) < 4.78 is 13.8. The maximum absolute atomic E-state index is 13.8. The van der Waals surface area contributed by atoms with Crippen LogP contribution in [0.25, 0.3) is 0 Å². The number of hydrogen-bond acceptors (Lipinski definition) is 3. The van der Waals surface area contributed by atoms with Crippen LogP contribution < -0.4 is 10.2 Å². The lowest BCUT2D eigenvalue weighted by atomic mass is 10.1. The minimum atomic E-state index is -0.555. The highest BCUT2D eigenvalue weighted by Gasteiger charge is 2.39. The Morgan fingerprint density at radius 3 is 2.62 bits per heavy atom. The van der Waals surface area contributed by atoms with Crippen molar-refractivity contribution in [3.8, 4) is 0 Å². The zero-order valence-electron chi connectivity index (χ0n) is 15.3. The molecule has 1 aliphatic heterocycles. The number of rotatable bonds is 5. The van der Waals surface area contributed by atoms with Gasteiger partial charge in [-0.05, 0) is 42.5 Å². The van der Waals surface area contributed by atoms with Crippen LogP contribution in [-0.4, -0.2) is 16.8 Å². The van der Waals surface area contributed by atoms with Gasteiger partial charge in [0, 0.05) is 29.0 Å². The average molecular weight is 410 g/mol. The maximum atomic E-state index is 13.8. The Kier molecular flexibility index (Phi) is 5.27. The van der Waals surface area contributed by atoms with Crippen molar-refractivity contribution in [3.05, 3.63) is 94.5 Å². The first-order valence-electron chi connectivity index (χ1n) is 9.09. The van der Waals surface area contributed by atoms with E-state index in [1.165, 1.54) is 6.07 Å². The highest BCUT2D eigenvalue weighted by molar-refractivity contribution is 6.30. The molecule has 3 aromatic rings. The van der Waals surface area contributed by atoms with Gasteiger partial charge in [-0.15, -0.1) is 0 Å². The van der Waals surface area contributed by atoms with Gasteiger partial charge in [0.1, 0.15) is 5.82 Å². The van der Waals surface area contributed by atoms with E-state index in [1.54, 1.807) is 65.7 Å². The molecule has 7 heteroatoms. The number of nitrogens with zero attached hydrogens (tertiary/aromatic N) is 2. The van der Waals surface area contributed by atoms with Crippen molar-refractivity contribution >= 4 is 29.1 Å². The van der Waals surface area contributed by atoms with Gasteiger partial charge in [-0.25, -0.2) is 4.39 Å². The summed E-state index contributed by atoms with van der Waals surface area (Å²) in [5.41, 5.74) is 2.04. The van der Waals surface area contributed by atoms with Gasteiger partial charge < -0.3 is 5.32 Å². The molecular formula is C22H17ClFN3O2. The van der Waals surface area contributed by atoms with Crippen molar-refractivity contribution in [1.29, 1.82) is 0 Å². The third-order valence-corrected chi connectivity index (χ3v) is 5.08. The Hall–Kier alpha value is -3.25. The number of carbonyl (C=O) groups is 2. The lowest BCUT2D eigenvalue weighted by molar-refractivity contribution is -0.121. The molecule has 1 atom stereocenters. The number of amides is 2. The van der Waals surface area contributed by atoms with Crippen molar-refractivity contribution in [2.45, 2.75) is 19.0 Å². The highest BCUT2D eigenvalue weighted by atomic mass is 35.5. The molecule has 0 unspecified atom stereocenters. The molecule has 2 amide bonds. The van der Waals surface area contributed by atoms with Crippen LogP contribution in [0.15, 0.2) is 66.9 Å². The van der Waals surface area contributed by atoms with E-state index in [-0.39, 0.29) is 30.6 Å². The van der Waals surface area contributed by atoms with E-state index in [0.29, 0.717) is 27.5 Å². The predicted octanol–water partition coefficient (Wildman–Crippen LogP) is 4.28. The van der Waals surface area contributed by atoms with Gasteiger partial charge in [0.05, 0.1) is 23.7 Å². The van der Waals surface area contributed by atoms with Crippen LogP contribution in [0, 0.1) is 5.82 Å². The van der Waals surface area contributed by atoms with E-state index in [1.807, 2.05) is 0 Å². The summed E-state index contributed by atoms with van der Waals surface area (Å²) >= 11 is 5.97. The van der Waals surface area contributed by atoms with Gasteiger partial charge in [-0.3, -0.25) is 19.5 Å². The third kappa shape index (κ3) is 3.84. The third-order valence-electron chi connectivity index (χ3n) is 4.83. The average Bonchev–Trinajstić information content (AvgIpc) is 3.00. The monoisotopic (exact) mass is 409 g/mol. The van der Waals surface area contributed by atoms with Gasteiger partial charge in [-0.1, -0.05) is 29.8 Å². The fourth-order valence-corrected chi connectivity index (χ4v) is 3.55. The SMILES string of the molecule is O=C(C[C@H]1c2ncccc2C(=O)N1c1ccc(Cl)cc1)NCc1ccccc1F. The van der Waals surface area contributed by atoms with Gasteiger partial charge in [0.25, 0.3) is 5.91 Å². The molecule has 29 heavy (non-hydrogen) atoms. The number of pyridine rings is 1. The molecular weight excluding hydrogens is 393 g/mol. The lowest BCUT2D eigenvalue weighted by Crippen LogP contribution is -2.33. The first-order valence-corrected chi connectivity index (χ1v) is 9.46. The molecule has 0 saturated heterocycles. The summed E-state index contributed by atoms with van der Waals surface area (Å²) in [6.07, 6.45) is 1.61. The topological polar surface area (TPSA) is 62.3 Å². The van der Waals surface area contributed by atoms with E-state index in [0.717, 1.165) is 0 Å². The standard InChI is InChI=1S/C22H17ClFN3O2/c23-15-7-9-16(10-8-15)27-19(21-17(22(27)29)5-3-11-25-21)12-20(28)26-13-14-4-1-2-6-18(14)24/h1-11,19H,12-13H2,(H,26,28)/t19-/m0/s1. The normalized spacial score (nSPS) is 15.3. The Labute approximate surface area is 172 Å². The van der Waals surface area contributed by atoms with Crippen LogP contribution >= 0.6 is 11.6 Å². The summed E-state index contributed by atoms with van der Waals surface area (Å²) in [6.45, 7) is 0.0716. The number of aromatic nitrogens is 1. The van der Waals surface area contributed by atoms with Crippen molar-refractivity contribution in [2.75, 3.05) is 4.90 Å². The van der Waals surface area contributed by atoms with Crippen molar-refractivity contribution in [3.63, 3.8) is 0 Å². The summed E-state index contributed by atoms with van der Waals surface area (Å²) in [5, 5.41) is 3.28. The van der Waals surface area contributed by atoms with Crippen LogP contribution in [0.4, 0.5) is 10.1 Å². The van der Waals surface area contributed by atoms with Crippen molar-refractivity contribution in [1.82, 2.24) is 10.3 Å². The summed E-state index contributed by atoms with van der Waals surface area (Å²) in [4.78, 5) is 31.5. The molecule has 1 aromatic heterocycles. The Balaban J connectivity index is 1.57. The second-order valence-electron chi connectivity index (χ2n) is 6.68. The zero-order chi connectivity index (χ0) is 20.4. The molecule has 4 rings (SSSR count). The first-order chi connectivity index (χ1) is 14.0. The van der Waals surface area contributed by atoms with E-state index in [4.69, 9.17) is 11.6 Å². The molecule has 146 valence electrons. The van der Waals surface area contributed by atoms with Gasteiger partial charge in [0.2, 0.25) is 5.91 Å². The minimum absolute atomic E-state index is 0.00678. The first kappa shape index (κ1) is 19.1. The van der Waals surface area contributed by atoms with Gasteiger partial charge in [0.15, 0.2) is 0 Å². The summed E-state index contributed by atoms with van der Waals surface area (Å²) in [7, 11) is 0. The van der Waals surface area contributed by atoms with E-state index in [2.05, 4.69) is 10.3 Å². The van der Waals surface area contributed by atoms with Crippen LogP contribution in [0.2, 0.25) is 5.02 Å². The van der Waals surface area contributed by atoms with Crippen LogP contribution in [-0.2, 0) is 11.3 Å². The lowest BCUT2D eigenvalue weighted by Gasteiger charge is -2.24. The number of benzene rings is 2. The second kappa shape index (κ2) is 8.01. The highest BCUT2D eigenvalue weighted by Crippen LogP contribution is 2.38. The fourth-order valence-electron chi connectivity index (χ4n) is 3.43. The van der Waals surface area contributed by atoms with Gasteiger partial charge in [-0.2, -0.15) is 0 Å². The minimum Gasteiger partial charge on any atom is -0.352 e. The number of hydrogen-bond donors (Lipinski definition) is 1. The zero-order valence-corrected chi connectivity index (χ0v) is 16.1. The Morgan fingerprint density at radius 2 is 1.86 bits per heavy atom. The number of nitrogens with one attached hydrogen (secondary N) is 1. The predicted molar refractivity (Wildman–Crippen MR) is 108 cm³/mol. The van der Waals surface area contributed by atoms with E-state index >= 15 is 0 Å². The van der Waals surface area contributed by atoms with Crippen LogP contribution in [0.1, 0.15) is 34.1 Å². The largest absolute Gasteiger partial charge is 0.352 e. The quantitative estimate of drug-likeness (QED) is 0.684. The van der Waals surface area contributed by atoms with E-state index in [9.17, 15) is 14.0 Å². The molecule has 0 radical (unpaired) electrons. The maximum Gasteiger partial charge on any atom is 0.260 e. The number of anilines is 1. The molecule has 2 aromatic carbocycles. The molecule has 0 bridgehead atoms. The Bertz CT molecular complexity index is 1070. The summed E-state index contributed by atoms with van der Waals surface area (Å²) in [5.74, 6) is -0.899. The fraction of sp³-hybridized carbons (Fsp3) is 0.136. The van der Waals surface area contributed by atoms with Crippen LogP contribution in [0.3, 0.4) is 0 Å². The molecule has 0 saturated carbocycles. The molecule has 0 aliphatic carbocycles. The number of carbonyl (C=O) groups excluding carboxylic acids is 2. The van der Waals surface area contributed by atoms with Crippen molar-refractivity contribution < 1.29 is 14.0 Å². The molecule has 0 spiro atoms. The van der Waals surface area contributed by atoms with Crippen molar-refractivity contribution in [2.24, 2.45) is 0 Å². The number of fused-ring (bicyclic) bond motifs is 1. The molecule has 1 N–H and O–H groups in total. The molecule has 2 heterocycles.